The van der Waals surface area contributed by atoms with Crippen molar-refractivity contribution in [3.63, 3.8) is 0 Å². The van der Waals surface area contributed by atoms with Crippen molar-refractivity contribution < 1.29 is 4.92 Å². The van der Waals surface area contributed by atoms with Crippen LogP contribution in [0.15, 0.2) is 29.3 Å². The van der Waals surface area contributed by atoms with Gasteiger partial charge in [0.2, 0.25) is 0 Å². The van der Waals surface area contributed by atoms with Gasteiger partial charge in [-0.25, -0.2) is 0 Å². The molecular formula is C16H25N5O2. The van der Waals surface area contributed by atoms with Gasteiger partial charge >= 0.3 is 0 Å². The lowest BCUT2D eigenvalue weighted by Crippen LogP contribution is -2.42. The Balaban J connectivity index is 1.75. The number of benzene rings is 1. The first kappa shape index (κ1) is 17.1. The van der Waals surface area contributed by atoms with Crippen molar-refractivity contribution in [1.29, 1.82) is 0 Å². The summed E-state index contributed by atoms with van der Waals surface area (Å²) in [7, 11) is 1.80. The van der Waals surface area contributed by atoms with Crippen LogP contribution in [0.5, 0.6) is 0 Å². The minimum absolute atomic E-state index is 0.103. The second kappa shape index (κ2) is 7.30. The van der Waals surface area contributed by atoms with E-state index >= 15 is 0 Å². The summed E-state index contributed by atoms with van der Waals surface area (Å²) in [5.74, 6) is 0.932. The van der Waals surface area contributed by atoms with Crippen LogP contribution < -0.4 is 10.6 Å². The number of guanidine groups is 1. The number of rotatable bonds is 5. The van der Waals surface area contributed by atoms with Gasteiger partial charge in [0.1, 0.15) is 0 Å². The smallest absolute Gasteiger partial charge is 0.269 e. The molecule has 0 aromatic heterocycles. The van der Waals surface area contributed by atoms with Crippen molar-refractivity contribution in [1.82, 2.24) is 10.2 Å². The highest BCUT2D eigenvalue weighted by Crippen LogP contribution is 2.28. The van der Waals surface area contributed by atoms with E-state index in [2.05, 4.69) is 34.4 Å². The molecule has 0 bridgehead atoms. The van der Waals surface area contributed by atoms with E-state index in [1.165, 1.54) is 18.6 Å². The third kappa shape index (κ3) is 4.84. The molecule has 2 rings (SSSR count). The van der Waals surface area contributed by atoms with Gasteiger partial charge in [-0.05, 0) is 24.0 Å². The minimum Gasteiger partial charge on any atom is -0.383 e. The summed E-state index contributed by atoms with van der Waals surface area (Å²) in [4.78, 5) is 16.8. The Morgan fingerprint density at radius 2 is 2.04 bits per heavy atom. The van der Waals surface area contributed by atoms with Crippen LogP contribution in [0.3, 0.4) is 0 Å². The second-order valence-corrected chi connectivity index (χ2v) is 6.54. The molecular weight excluding hydrogens is 294 g/mol. The first-order valence-electron chi connectivity index (χ1n) is 7.85. The van der Waals surface area contributed by atoms with E-state index in [0.29, 0.717) is 12.0 Å². The number of nitrogens with zero attached hydrogens (tertiary/aromatic N) is 3. The van der Waals surface area contributed by atoms with Crippen LogP contribution >= 0.6 is 0 Å². The van der Waals surface area contributed by atoms with Crippen LogP contribution in [0, 0.1) is 15.5 Å². The Labute approximate surface area is 136 Å². The molecule has 0 aliphatic carbocycles. The van der Waals surface area contributed by atoms with E-state index in [4.69, 9.17) is 0 Å². The number of hydrogen-bond donors (Lipinski definition) is 2. The quantitative estimate of drug-likeness (QED) is 0.286. The summed E-state index contributed by atoms with van der Waals surface area (Å²) in [6.45, 7) is 8.05. The van der Waals surface area contributed by atoms with Gasteiger partial charge < -0.3 is 15.5 Å². The average Bonchev–Trinajstić information content (AvgIpc) is 2.87. The lowest BCUT2D eigenvalue weighted by atomic mass is 9.93. The number of anilines is 1. The second-order valence-electron chi connectivity index (χ2n) is 6.54. The topological polar surface area (TPSA) is 82.8 Å². The van der Waals surface area contributed by atoms with Gasteiger partial charge in [-0.2, -0.15) is 0 Å². The van der Waals surface area contributed by atoms with Crippen molar-refractivity contribution >= 4 is 17.3 Å². The summed E-state index contributed by atoms with van der Waals surface area (Å²) >= 11 is 0. The van der Waals surface area contributed by atoms with Crippen molar-refractivity contribution in [2.45, 2.75) is 20.3 Å². The maximum Gasteiger partial charge on any atom is 0.269 e. The van der Waals surface area contributed by atoms with Crippen molar-refractivity contribution in [2.24, 2.45) is 10.4 Å². The first-order valence-corrected chi connectivity index (χ1v) is 7.85. The third-order valence-corrected chi connectivity index (χ3v) is 4.00. The van der Waals surface area contributed by atoms with Gasteiger partial charge in [0.05, 0.1) is 4.92 Å². The van der Waals surface area contributed by atoms with Crippen LogP contribution in [0.1, 0.15) is 20.3 Å². The van der Waals surface area contributed by atoms with Crippen molar-refractivity contribution in [3.05, 3.63) is 34.4 Å². The predicted molar refractivity (Wildman–Crippen MR) is 92.9 cm³/mol. The van der Waals surface area contributed by atoms with Gasteiger partial charge in [-0.15, -0.1) is 0 Å². The molecule has 1 aromatic rings. The lowest BCUT2D eigenvalue weighted by Gasteiger charge is -2.23. The maximum absolute atomic E-state index is 10.6. The SMILES string of the molecule is CN=C(NCCNc1ccc([N+](=O)[O-])cc1)N1CCC(C)(C)C1. The molecule has 0 atom stereocenters. The fourth-order valence-corrected chi connectivity index (χ4v) is 2.71. The molecule has 126 valence electrons. The highest BCUT2D eigenvalue weighted by Gasteiger charge is 2.30. The Kier molecular flexibility index (Phi) is 5.41. The van der Waals surface area contributed by atoms with Gasteiger partial charge in [0.15, 0.2) is 5.96 Å². The summed E-state index contributed by atoms with van der Waals surface area (Å²) in [5.41, 5.74) is 1.31. The van der Waals surface area contributed by atoms with Crippen molar-refractivity contribution in [3.8, 4) is 0 Å². The highest BCUT2D eigenvalue weighted by molar-refractivity contribution is 5.80. The molecule has 0 saturated carbocycles. The van der Waals surface area contributed by atoms with Crippen LogP contribution in [-0.4, -0.2) is 49.0 Å². The Morgan fingerprint density at radius 3 is 2.57 bits per heavy atom. The number of non-ortho nitro benzene ring substituents is 1. The predicted octanol–water partition coefficient (Wildman–Crippen LogP) is 2.31. The molecule has 7 nitrogen and oxygen atoms in total. The fraction of sp³-hybridized carbons (Fsp3) is 0.562. The molecule has 0 radical (unpaired) electrons. The number of nitro groups is 1. The zero-order valence-electron chi connectivity index (χ0n) is 14.0. The average molecular weight is 319 g/mol. The number of aliphatic imine (C=N–C) groups is 1. The number of nitrogens with one attached hydrogen (secondary N) is 2. The zero-order chi connectivity index (χ0) is 16.9. The summed E-state index contributed by atoms with van der Waals surface area (Å²) in [5, 5.41) is 17.2. The highest BCUT2D eigenvalue weighted by atomic mass is 16.6. The van der Waals surface area contributed by atoms with Gasteiger partial charge in [-0.3, -0.25) is 15.1 Å². The molecule has 1 aliphatic rings. The Hall–Kier alpha value is -2.31. The van der Waals surface area contributed by atoms with Crippen LogP contribution in [0.4, 0.5) is 11.4 Å². The van der Waals surface area contributed by atoms with Crippen LogP contribution in [-0.2, 0) is 0 Å². The molecule has 1 aliphatic heterocycles. The molecule has 1 heterocycles. The number of likely N-dealkylation sites (tertiary alicyclic amines) is 1. The molecule has 2 N–H and O–H groups in total. The largest absolute Gasteiger partial charge is 0.383 e. The van der Waals surface area contributed by atoms with E-state index in [1.807, 2.05) is 0 Å². The molecule has 1 fully saturated rings. The van der Waals surface area contributed by atoms with E-state index in [-0.39, 0.29) is 5.69 Å². The molecule has 0 spiro atoms. The van der Waals surface area contributed by atoms with E-state index < -0.39 is 4.92 Å². The van der Waals surface area contributed by atoms with Gasteiger partial charge in [0.25, 0.3) is 5.69 Å². The van der Waals surface area contributed by atoms with Crippen LogP contribution in [0.2, 0.25) is 0 Å². The first-order chi connectivity index (χ1) is 10.9. The lowest BCUT2D eigenvalue weighted by molar-refractivity contribution is -0.384. The fourth-order valence-electron chi connectivity index (χ4n) is 2.71. The Bertz CT molecular complexity index is 568. The molecule has 7 heteroatoms. The van der Waals surface area contributed by atoms with E-state index in [0.717, 1.165) is 31.3 Å². The standard InChI is InChI=1S/C16H25N5O2/c1-16(2)8-11-20(12-16)15(17-3)19-10-9-18-13-4-6-14(7-5-13)21(22)23/h4-7,18H,8-12H2,1-3H3,(H,17,19). The normalized spacial score (nSPS) is 17.2. The molecule has 23 heavy (non-hydrogen) atoms. The third-order valence-electron chi connectivity index (χ3n) is 4.00. The Morgan fingerprint density at radius 1 is 1.35 bits per heavy atom. The summed E-state index contributed by atoms with van der Waals surface area (Å²) < 4.78 is 0. The zero-order valence-corrected chi connectivity index (χ0v) is 14.0. The van der Waals surface area contributed by atoms with Crippen LogP contribution in [0.25, 0.3) is 0 Å². The van der Waals surface area contributed by atoms with Gasteiger partial charge in [-0.1, -0.05) is 13.8 Å². The molecule has 1 saturated heterocycles. The minimum atomic E-state index is -0.396. The molecule has 1 aromatic carbocycles. The summed E-state index contributed by atoms with van der Waals surface area (Å²) in [6.07, 6.45) is 1.18. The molecule has 0 amide bonds. The monoisotopic (exact) mass is 319 g/mol. The number of nitro benzene ring substituents is 1. The van der Waals surface area contributed by atoms with E-state index in [1.54, 1.807) is 19.2 Å². The van der Waals surface area contributed by atoms with E-state index in [9.17, 15) is 10.1 Å². The summed E-state index contributed by atoms with van der Waals surface area (Å²) in [6, 6.07) is 6.44. The van der Waals surface area contributed by atoms with Gasteiger partial charge in [0, 0.05) is 51.0 Å². The van der Waals surface area contributed by atoms with Crippen molar-refractivity contribution in [2.75, 3.05) is 38.5 Å². The molecule has 0 unspecified atom stereocenters. The number of hydrogen-bond acceptors (Lipinski definition) is 4. The maximum atomic E-state index is 10.6.